The van der Waals surface area contributed by atoms with Crippen LogP contribution in [0.3, 0.4) is 0 Å². The van der Waals surface area contributed by atoms with Crippen LogP contribution in [-0.4, -0.2) is 11.0 Å². The molecular weight excluding hydrogens is 275 g/mol. The second kappa shape index (κ2) is 6.38. The lowest BCUT2D eigenvalue weighted by molar-refractivity contribution is 0.0472. The fourth-order valence-electron chi connectivity index (χ4n) is 2.22. The van der Waals surface area contributed by atoms with Crippen molar-refractivity contribution in [1.82, 2.24) is 0 Å². The van der Waals surface area contributed by atoms with Gasteiger partial charge in [0.05, 0.1) is 5.60 Å². The van der Waals surface area contributed by atoms with Gasteiger partial charge in [-0.25, -0.2) is 4.39 Å². The Labute approximate surface area is 124 Å². The molecule has 1 N–H and O–H groups in total. The average molecular weight is 293 g/mol. The van der Waals surface area contributed by atoms with Crippen LogP contribution >= 0.6 is 11.6 Å². The summed E-state index contributed by atoms with van der Waals surface area (Å²) in [6, 6.07) is 14.1. The van der Waals surface area contributed by atoms with Crippen LogP contribution in [0.5, 0.6) is 0 Å². The van der Waals surface area contributed by atoms with Gasteiger partial charge in [0.1, 0.15) is 5.82 Å². The van der Waals surface area contributed by atoms with E-state index >= 15 is 0 Å². The minimum atomic E-state index is -0.865. The van der Waals surface area contributed by atoms with Crippen molar-refractivity contribution in [1.29, 1.82) is 0 Å². The van der Waals surface area contributed by atoms with Gasteiger partial charge in [0, 0.05) is 5.88 Å². The maximum absolute atomic E-state index is 12.9. The summed E-state index contributed by atoms with van der Waals surface area (Å²) < 4.78 is 12.9. The molecule has 0 aliphatic heterocycles. The Kier molecular flexibility index (Phi) is 4.79. The zero-order valence-electron chi connectivity index (χ0n) is 11.4. The summed E-state index contributed by atoms with van der Waals surface area (Å²) in [7, 11) is 0. The Morgan fingerprint density at radius 1 is 1.00 bits per heavy atom. The lowest BCUT2D eigenvalue weighted by Crippen LogP contribution is -2.21. The Balaban J connectivity index is 2.19. The lowest BCUT2D eigenvalue weighted by Gasteiger charge is -2.23. The molecular formula is C17H18ClFO. The average Bonchev–Trinajstić information content (AvgIpc) is 2.46. The SMILES string of the molecule is CC(O)(CCCCl)c1ccc(-c2ccc(F)cc2)cc1. The largest absolute Gasteiger partial charge is 0.385 e. The predicted octanol–water partition coefficient (Wildman–Crippen LogP) is 4.72. The number of hydrogen-bond donors (Lipinski definition) is 1. The minimum Gasteiger partial charge on any atom is -0.385 e. The molecule has 1 atom stereocenters. The molecule has 2 aromatic rings. The molecule has 0 aromatic heterocycles. The molecule has 0 radical (unpaired) electrons. The van der Waals surface area contributed by atoms with Gasteiger partial charge < -0.3 is 5.11 Å². The molecule has 20 heavy (non-hydrogen) atoms. The Bertz CT molecular complexity index is 546. The number of halogens is 2. The molecule has 0 aliphatic carbocycles. The smallest absolute Gasteiger partial charge is 0.123 e. The third-order valence-corrected chi connectivity index (χ3v) is 3.75. The van der Waals surface area contributed by atoms with Crippen molar-refractivity contribution in [2.75, 3.05) is 5.88 Å². The van der Waals surface area contributed by atoms with Gasteiger partial charge in [-0.15, -0.1) is 11.6 Å². The highest BCUT2D eigenvalue weighted by Crippen LogP contribution is 2.28. The van der Waals surface area contributed by atoms with Gasteiger partial charge in [0.2, 0.25) is 0 Å². The van der Waals surface area contributed by atoms with Gasteiger partial charge in [0.15, 0.2) is 0 Å². The van der Waals surface area contributed by atoms with E-state index in [1.807, 2.05) is 24.3 Å². The molecule has 1 nitrogen and oxygen atoms in total. The first-order chi connectivity index (χ1) is 9.53. The molecule has 0 heterocycles. The Hall–Kier alpha value is -1.38. The highest BCUT2D eigenvalue weighted by molar-refractivity contribution is 6.17. The van der Waals surface area contributed by atoms with E-state index in [4.69, 9.17) is 11.6 Å². The summed E-state index contributed by atoms with van der Waals surface area (Å²) in [5.41, 5.74) is 1.96. The van der Waals surface area contributed by atoms with E-state index in [1.54, 1.807) is 19.1 Å². The molecule has 0 bridgehead atoms. The van der Waals surface area contributed by atoms with Crippen LogP contribution < -0.4 is 0 Å². The first-order valence-corrected chi connectivity index (χ1v) is 7.21. The van der Waals surface area contributed by atoms with E-state index < -0.39 is 5.60 Å². The Morgan fingerprint density at radius 2 is 1.50 bits per heavy atom. The molecule has 106 valence electrons. The summed E-state index contributed by atoms with van der Waals surface area (Å²) in [5.74, 6) is 0.304. The van der Waals surface area contributed by atoms with Crippen molar-refractivity contribution in [2.24, 2.45) is 0 Å². The molecule has 0 spiro atoms. The topological polar surface area (TPSA) is 20.2 Å². The first kappa shape index (κ1) is 15.0. The van der Waals surface area contributed by atoms with Crippen molar-refractivity contribution in [3.8, 4) is 11.1 Å². The molecule has 0 saturated heterocycles. The van der Waals surface area contributed by atoms with Crippen molar-refractivity contribution >= 4 is 11.6 Å². The van der Waals surface area contributed by atoms with E-state index in [1.165, 1.54) is 12.1 Å². The van der Waals surface area contributed by atoms with Crippen LogP contribution in [0.15, 0.2) is 48.5 Å². The highest BCUT2D eigenvalue weighted by atomic mass is 35.5. The highest BCUT2D eigenvalue weighted by Gasteiger charge is 2.22. The zero-order valence-corrected chi connectivity index (χ0v) is 12.2. The summed E-state index contributed by atoms with van der Waals surface area (Å²) >= 11 is 5.67. The summed E-state index contributed by atoms with van der Waals surface area (Å²) in [6.45, 7) is 1.80. The summed E-state index contributed by atoms with van der Waals surface area (Å²) in [6.07, 6.45) is 1.40. The van der Waals surface area contributed by atoms with Gasteiger partial charge in [0.25, 0.3) is 0 Å². The maximum Gasteiger partial charge on any atom is 0.123 e. The minimum absolute atomic E-state index is 0.241. The molecule has 0 amide bonds. The first-order valence-electron chi connectivity index (χ1n) is 6.68. The van der Waals surface area contributed by atoms with Crippen molar-refractivity contribution in [3.63, 3.8) is 0 Å². The van der Waals surface area contributed by atoms with Crippen molar-refractivity contribution in [2.45, 2.75) is 25.4 Å². The maximum atomic E-state index is 12.9. The predicted molar refractivity (Wildman–Crippen MR) is 81.4 cm³/mol. The molecule has 2 rings (SSSR count). The van der Waals surface area contributed by atoms with E-state index in [2.05, 4.69) is 0 Å². The van der Waals surface area contributed by atoms with Crippen LogP contribution in [-0.2, 0) is 5.60 Å². The quantitative estimate of drug-likeness (QED) is 0.791. The molecule has 2 aromatic carbocycles. The van der Waals surface area contributed by atoms with E-state index in [9.17, 15) is 9.50 Å². The third-order valence-electron chi connectivity index (χ3n) is 3.48. The fraction of sp³-hybridized carbons (Fsp3) is 0.294. The van der Waals surface area contributed by atoms with Gasteiger partial charge in [-0.2, -0.15) is 0 Å². The van der Waals surface area contributed by atoms with Crippen LogP contribution in [0.1, 0.15) is 25.3 Å². The second-order valence-corrected chi connectivity index (χ2v) is 5.53. The van der Waals surface area contributed by atoms with E-state index in [0.717, 1.165) is 23.1 Å². The molecule has 0 saturated carbocycles. The standard InChI is InChI=1S/C17H18ClFO/c1-17(20,11-2-12-18)15-7-3-13(4-8-15)14-5-9-16(19)10-6-14/h3-10,20H,2,11-12H2,1H3. The molecule has 1 unspecified atom stereocenters. The molecule has 3 heteroatoms. The van der Waals surface area contributed by atoms with Gasteiger partial charge in [-0.05, 0) is 48.6 Å². The van der Waals surface area contributed by atoms with Gasteiger partial charge >= 0.3 is 0 Å². The number of aliphatic hydroxyl groups is 1. The summed E-state index contributed by atoms with van der Waals surface area (Å²) in [4.78, 5) is 0. The van der Waals surface area contributed by atoms with Crippen LogP contribution in [0.25, 0.3) is 11.1 Å². The number of benzene rings is 2. The van der Waals surface area contributed by atoms with Crippen LogP contribution in [0.2, 0.25) is 0 Å². The lowest BCUT2D eigenvalue weighted by atomic mass is 9.90. The number of hydrogen-bond acceptors (Lipinski definition) is 1. The summed E-state index contributed by atoms with van der Waals surface area (Å²) in [5, 5.41) is 10.4. The normalized spacial score (nSPS) is 14.0. The molecule has 0 aliphatic rings. The fourth-order valence-corrected chi connectivity index (χ4v) is 2.35. The number of rotatable bonds is 5. The van der Waals surface area contributed by atoms with Crippen molar-refractivity contribution in [3.05, 3.63) is 59.9 Å². The van der Waals surface area contributed by atoms with E-state index in [0.29, 0.717) is 12.3 Å². The van der Waals surface area contributed by atoms with Crippen LogP contribution in [0, 0.1) is 5.82 Å². The van der Waals surface area contributed by atoms with E-state index in [-0.39, 0.29) is 5.82 Å². The zero-order chi connectivity index (χ0) is 14.6. The van der Waals surface area contributed by atoms with Gasteiger partial charge in [-0.3, -0.25) is 0 Å². The second-order valence-electron chi connectivity index (χ2n) is 5.15. The van der Waals surface area contributed by atoms with Crippen molar-refractivity contribution < 1.29 is 9.50 Å². The monoisotopic (exact) mass is 292 g/mol. The Morgan fingerprint density at radius 3 is 2.00 bits per heavy atom. The van der Waals surface area contributed by atoms with Gasteiger partial charge in [-0.1, -0.05) is 36.4 Å². The van der Waals surface area contributed by atoms with Crippen LogP contribution in [0.4, 0.5) is 4.39 Å². The number of alkyl halides is 1. The molecule has 0 fully saturated rings. The third kappa shape index (κ3) is 3.59.